The molecule has 1 aromatic heterocycles. The van der Waals surface area contributed by atoms with Gasteiger partial charge >= 0.3 is 0 Å². The number of carbonyl (C=O) groups excluding carboxylic acids is 1. The summed E-state index contributed by atoms with van der Waals surface area (Å²) in [6, 6.07) is 9.15. The van der Waals surface area contributed by atoms with Crippen molar-refractivity contribution >= 4 is 22.4 Å². The number of aromatic nitrogens is 1. The minimum atomic E-state index is -0.0613. The van der Waals surface area contributed by atoms with Crippen molar-refractivity contribution in [1.29, 1.82) is 0 Å². The average Bonchev–Trinajstić information content (AvgIpc) is 2.76. The van der Waals surface area contributed by atoms with Crippen LogP contribution >= 0.6 is 11.3 Å². The van der Waals surface area contributed by atoms with E-state index in [-0.39, 0.29) is 5.91 Å². The van der Waals surface area contributed by atoms with Gasteiger partial charge in [-0.25, -0.2) is 4.98 Å². The molecule has 2 aromatic rings. The molecular formula is C12H13N3OS. The molecule has 5 heteroatoms. The predicted molar refractivity (Wildman–Crippen MR) is 69.0 cm³/mol. The first-order valence-corrected chi connectivity index (χ1v) is 6.17. The van der Waals surface area contributed by atoms with Crippen LogP contribution in [0.5, 0.6) is 0 Å². The third kappa shape index (κ3) is 3.29. The van der Waals surface area contributed by atoms with Gasteiger partial charge in [0.1, 0.15) is 0 Å². The Hall–Kier alpha value is -1.88. The number of nitrogens with two attached hydrogens (primary N) is 1. The van der Waals surface area contributed by atoms with Gasteiger partial charge in [0.25, 0.3) is 5.91 Å². The predicted octanol–water partition coefficient (Wildman–Crippen LogP) is 1.70. The molecule has 0 spiro atoms. The maximum absolute atomic E-state index is 11.7. The van der Waals surface area contributed by atoms with E-state index in [0.29, 0.717) is 23.7 Å². The van der Waals surface area contributed by atoms with Gasteiger partial charge in [0.2, 0.25) is 0 Å². The summed E-state index contributed by atoms with van der Waals surface area (Å²) >= 11 is 1.41. The van der Waals surface area contributed by atoms with Crippen LogP contribution in [0.1, 0.15) is 16.1 Å². The van der Waals surface area contributed by atoms with Crippen molar-refractivity contribution in [3.05, 3.63) is 47.0 Å². The molecule has 4 nitrogen and oxygen atoms in total. The van der Waals surface area contributed by atoms with Gasteiger partial charge < -0.3 is 11.1 Å². The number of nitrogen functional groups attached to an aromatic ring is 1. The van der Waals surface area contributed by atoms with E-state index in [1.54, 1.807) is 12.1 Å². The standard InChI is InChI=1S/C12H13N3OS/c13-12-15-10(8-17-12)6-7-14-11(16)9-4-2-1-3-5-9/h1-5,8H,6-7H2,(H2,13,15)(H,14,16). The molecule has 0 saturated carbocycles. The summed E-state index contributed by atoms with van der Waals surface area (Å²) in [6.45, 7) is 0.566. The molecule has 0 unspecified atom stereocenters. The molecule has 0 saturated heterocycles. The molecule has 2 rings (SSSR count). The molecule has 0 aliphatic heterocycles. The molecular weight excluding hydrogens is 234 g/mol. The monoisotopic (exact) mass is 247 g/mol. The molecule has 0 fully saturated rings. The van der Waals surface area contributed by atoms with Crippen molar-refractivity contribution in [2.24, 2.45) is 0 Å². The van der Waals surface area contributed by atoms with Crippen molar-refractivity contribution in [2.45, 2.75) is 6.42 Å². The first-order valence-electron chi connectivity index (χ1n) is 5.29. The maximum Gasteiger partial charge on any atom is 0.251 e. The van der Waals surface area contributed by atoms with Crippen LogP contribution in [0.4, 0.5) is 5.13 Å². The van der Waals surface area contributed by atoms with Gasteiger partial charge in [0, 0.05) is 23.9 Å². The van der Waals surface area contributed by atoms with E-state index >= 15 is 0 Å². The fourth-order valence-electron chi connectivity index (χ4n) is 1.43. The zero-order chi connectivity index (χ0) is 12.1. The Labute approximate surface area is 103 Å². The van der Waals surface area contributed by atoms with Crippen LogP contribution in [0.15, 0.2) is 35.7 Å². The fourth-order valence-corrected chi connectivity index (χ4v) is 2.03. The molecule has 0 bridgehead atoms. The Kier molecular flexibility index (Phi) is 3.72. The Morgan fingerprint density at radius 2 is 2.12 bits per heavy atom. The summed E-state index contributed by atoms with van der Waals surface area (Å²) in [5.41, 5.74) is 7.11. The Balaban J connectivity index is 1.81. The number of thiazole rings is 1. The molecule has 0 aliphatic rings. The van der Waals surface area contributed by atoms with E-state index < -0.39 is 0 Å². The Bertz CT molecular complexity index is 495. The molecule has 0 radical (unpaired) electrons. The molecule has 1 heterocycles. The van der Waals surface area contributed by atoms with Gasteiger partial charge in [-0.05, 0) is 12.1 Å². The molecule has 0 aliphatic carbocycles. The van der Waals surface area contributed by atoms with Crippen molar-refractivity contribution in [1.82, 2.24) is 10.3 Å². The second-order valence-electron chi connectivity index (χ2n) is 3.55. The van der Waals surface area contributed by atoms with Crippen molar-refractivity contribution in [3.8, 4) is 0 Å². The van der Waals surface area contributed by atoms with Crippen molar-refractivity contribution < 1.29 is 4.79 Å². The van der Waals surface area contributed by atoms with E-state index in [1.165, 1.54) is 11.3 Å². The van der Waals surface area contributed by atoms with Crippen LogP contribution in [0.3, 0.4) is 0 Å². The zero-order valence-corrected chi connectivity index (χ0v) is 10.0. The number of nitrogens with zero attached hydrogens (tertiary/aromatic N) is 1. The minimum Gasteiger partial charge on any atom is -0.375 e. The molecule has 1 amide bonds. The molecule has 3 N–H and O–H groups in total. The maximum atomic E-state index is 11.7. The van der Waals surface area contributed by atoms with Crippen LogP contribution in [0.25, 0.3) is 0 Å². The van der Waals surface area contributed by atoms with Crippen LogP contribution in [0.2, 0.25) is 0 Å². The number of hydrogen-bond acceptors (Lipinski definition) is 4. The second-order valence-corrected chi connectivity index (χ2v) is 4.44. The molecule has 1 aromatic carbocycles. The highest BCUT2D eigenvalue weighted by atomic mass is 32.1. The number of anilines is 1. The van der Waals surface area contributed by atoms with Gasteiger partial charge in [-0.3, -0.25) is 4.79 Å². The third-order valence-electron chi connectivity index (χ3n) is 2.27. The number of nitrogens with one attached hydrogen (secondary N) is 1. The van der Waals surface area contributed by atoms with Gasteiger partial charge in [0.15, 0.2) is 5.13 Å². The largest absolute Gasteiger partial charge is 0.375 e. The fraction of sp³-hybridized carbons (Fsp3) is 0.167. The number of amides is 1. The number of hydrogen-bond donors (Lipinski definition) is 2. The van der Waals surface area contributed by atoms with E-state index in [9.17, 15) is 4.79 Å². The summed E-state index contributed by atoms with van der Waals surface area (Å²) in [4.78, 5) is 15.8. The van der Waals surface area contributed by atoms with Gasteiger partial charge in [-0.1, -0.05) is 18.2 Å². The van der Waals surface area contributed by atoms with E-state index in [4.69, 9.17) is 5.73 Å². The summed E-state index contributed by atoms with van der Waals surface area (Å²) in [5, 5.41) is 5.31. The topological polar surface area (TPSA) is 68.0 Å². The smallest absolute Gasteiger partial charge is 0.251 e. The van der Waals surface area contributed by atoms with Crippen LogP contribution in [0, 0.1) is 0 Å². The summed E-state index contributed by atoms with van der Waals surface area (Å²) in [6.07, 6.45) is 0.701. The first-order chi connectivity index (χ1) is 8.25. The van der Waals surface area contributed by atoms with Gasteiger partial charge in [0.05, 0.1) is 5.69 Å². The zero-order valence-electron chi connectivity index (χ0n) is 9.22. The third-order valence-corrected chi connectivity index (χ3v) is 2.99. The number of benzene rings is 1. The average molecular weight is 247 g/mol. The highest BCUT2D eigenvalue weighted by Crippen LogP contribution is 2.10. The van der Waals surface area contributed by atoms with Crippen LogP contribution in [-0.2, 0) is 6.42 Å². The van der Waals surface area contributed by atoms with E-state index in [2.05, 4.69) is 10.3 Å². The highest BCUT2D eigenvalue weighted by Gasteiger charge is 2.04. The Morgan fingerprint density at radius 1 is 1.35 bits per heavy atom. The normalized spacial score (nSPS) is 10.1. The number of carbonyl (C=O) groups is 1. The quantitative estimate of drug-likeness (QED) is 0.864. The molecule has 17 heavy (non-hydrogen) atoms. The second kappa shape index (κ2) is 5.45. The minimum absolute atomic E-state index is 0.0613. The highest BCUT2D eigenvalue weighted by molar-refractivity contribution is 7.13. The Morgan fingerprint density at radius 3 is 2.76 bits per heavy atom. The molecule has 88 valence electrons. The van der Waals surface area contributed by atoms with E-state index in [0.717, 1.165) is 5.69 Å². The first kappa shape index (κ1) is 11.6. The SMILES string of the molecule is Nc1nc(CCNC(=O)c2ccccc2)cs1. The van der Waals surface area contributed by atoms with Crippen molar-refractivity contribution in [2.75, 3.05) is 12.3 Å². The number of rotatable bonds is 4. The lowest BCUT2D eigenvalue weighted by Crippen LogP contribution is -2.25. The van der Waals surface area contributed by atoms with Crippen LogP contribution in [-0.4, -0.2) is 17.4 Å². The molecule has 0 atom stereocenters. The van der Waals surface area contributed by atoms with Gasteiger partial charge in [-0.2, -0.15) is 0 Å². The summed E-state index contributed by atoms with van der Waals surface area (Å²) < 4.78 is 0. The van der Waals surface area contributed by atoms with E-state index in [1.807, 2.05) is 23.6 Å². The van der Waals surface area contributed by atoms with Gasteiger partial charge in [-0.15, -0.1) is 11.3 Å². The summed E-state index contributed by atoms with van der Waals surface area (Å²) in [7, 11) is 0. The van der Waals surface area contributed by atoms with Crippen LogP contribution < -0.4 is 11.1 Å². The lowest BCUT2D eigenvalue weighted by molar-refractivity contribution is 0.0954. The lowest BCUT2D eigenvalue weighted by Gasteiger charge is -2.03. The lowest BCUT2D eigenvalue weighted by atomic mass is 10.2. The van der Waals surface area contributed by atoms with Crippen molar-refractivity contribution in [3.63, 3.8) is 0 Å². The summed E-state index contributed by atoms with van der Waals surface area (Å²) in [5.74, 6) is -0.0613.